The summed E-state index contributed by atoms with van der Waals surface area (Å²) in [6, 6.07) is 74.8. The quantitative estimate of drug-likeness (QED) is 0.152. The predicted molar refractivity (Wildman–Crippen MR) is 257 cm³/mol. The van der Waals surface area contributed by atoms with Gasteiger partial charge in [-0.1, -0.05) is 182 Å². The fraction of sp³-hybridized carbons (Fsp3) is 0. The summed E-state index contributed by atoms with van der Waals surface area (Å²) >= 11 is 0. The summed E-state index contributed by atoms with van der Waals surface area (Å²) in [4.78, 5) is 24.9. The fourth-order valence-corrected chi connectivity index (χ4v) is 8.39. The third-order valence-corrected chi connectivity index (χ3v) is 11.7. The van der Waals surface area contributed by atoms with Crippen molar-refractivity contribution in [1.29, 1.82) is 0 Å². The summed E-state index contributed by atoms with van der Waals surface area (Å²) in [5.74, 6) is 1.95. The predicted octanol–water partition coefficient (Wildman–Crippen LogP) is 14.1. The number of hydrogen-bond donors (Lipinski definition) is 0. The van der Waals surface area contributed by atoms with Gasteiger partial charge < -0.3 is 4.42 Å². The zero-order chi connectivity index (χ0) is 42.4. The second kappa shape index (κ2) is 15.6. The van der Waals surface area contributed by atoms with E-state index in [9.17, 15) is 0 Å². The zero-order valence-corrected chi connectivity index (χ0v) is 34.4. The molecule has 300 valence electrons. The molecule has 7 nitrogen and oxygen atoms in total. The number of rotatable bonds is 8. The highest BCUT2D eigenvalue weighted by Gasteiger charge is 2.17. The number of aromatic nitrogens is 6. The lowest BCUT2D eigenvalue weighted by Crippen LogP contribution is -1.95. The Morgan fingerprint density at radius 3 is 1.09 bits per heavy atom. The molecule has 4 heterocycles. The molecule has 0 amide bonds. The molecule has 8 aromatic carbocycles. The van der Waals surface area contributed by atoms with Gasteiger partial charge in [-0.25, -0.2) is 19.9 Å². The van der Waals surface area contributed by atoms with Gasteiger partial charge in [-0.3, -0.25) is 4.40 Å². The largest absolute Gasteiger partial charge is 0.423 e. The van der Waals surface area contributed by atoms with E-state index in [1.807, 2.05) is 103 Å². The molecule has 0 aliphatic heterocycles. The number of hydrogen-bond acceptors (Lipinski definition) is 6. The van der Waals surface area contributed by atoms with Crippen molar-refractivity contribution in [3.8, 4) is 90.1 Å². The van der Waals surface area contributed by atoms with Crippen LogP contribution in [-0.4, -0.2) is 29.3 Å². The molecule has 0 saturated heterocycles. The van der Waals surface area contributed by atoms with E-state index >= 15 is 0 Å². The summed E-state index contributed by atoms with van der Waals surface area (Å²) in [5, 5.41) is 0. The van der Waals surface area contributed by atoms with Gasteiger partial charge in [0.05, 0.1) is 39.3 Å². The summed E-state index contributed by atoms with van der Waals surface area (Å²) < 4.78 is 8.44. The molecule has 0 unspecified atom stereocenters. The van der Waals surface area contributed by atoms with E-state index in [1.54, 1.807) is 0 Å². The van der Waals surface area contributed by atoms with Crippen LogP contribution >= 0.6 is 0 Å². The lowest BCUT2D eigenvalue weighted by atomic mass is 10.0. The summed E-state index contributed by atoms with van der Waals surface area (Å²) in [6.45, 7) is 0. The van der Waals surface area contributed by atoms with Crippen molar-refractivity contribution >= 4 is 28.0 Å². The van der Waals surface area contributed by atoms with Gasteiger partial charge in [-0.2, -0.15) is 4.98 Å². The molecule has 0 spiro atoms. The third-order valence-electron chi connectivity index (χ3n) is 11.7. The van der Waals surface area contributed by atoms with Gasteiger partial charge in [-0.15, -0.1) is 0 Å². The molecular weight excluding hydrogens is 785 g/mol. The topological polar surface area (TPSA) is 82.0 Å². The van der Waals surface area contributed by atoms with E-state index in [0.717, 1.165) is 101 Å². The molecule has 4 aromatic heterocycles. The normalized spacial score (nSPS) is 11.4. The summed E-state index contributed by atoms with van der Waals surface area (Å²) in [5.41, 5.74) is 17.5. The SMILES string of the molecule is c1ccc(-c2cc(-c3ccc(-c4ccc5nc6oc7ccc(-c8ccc(-c9cc(-c%10ccccc%10)nc(-c%10ccccc%10)n9)cc8)cc7n6c5c4)cc3)nc(-c3ccccc3)n2)cc1. The zero-order valence-electron chi connectivity index (χ0n) is 34.4. The molecule has 0 saturated carbocycles. The molecule has 0 fully saturated rings. The molecule has 0 N–H and O–H groups in total. The second-order valence-electron chi connectivity index (χ2n) is 15.8. The van der Waals surface area contributed by atoms with Crippen molar-refractivity contribution in [2.24, 2.45) is 0 Å². The molecule has 0 bridgehead atoms. The van der Waals surface area contributed by atoms with Crippen LogP contribution in [0.15, 0.2) is 223 Å². The molecule has 0 atom stereocenters. The first-order chi connectivity index (χ1) is 31.7. The molecule has 12 rings (SSSR count). The highest BCUT2D eigenvalue weighted by molar-refractivity contribution is 5.92. The highest BCUT2D eigenvalue weighted by atomic mass is 16.4. The fourth-order valence-electron chi connectivity index (χ4n) is 8.39. The first-order valence-electron chi connectivity index (χ1n) is 21.2. The van der Waals surface area contributed by atoms with Gasteiger partial charge >= 0.3 is 5.84 Å². The van der Waals surface area contributed by atoms with Crippen LogP contribution in [0.5, 0.6) is 0 Å². The van der Waals surface area contributed by atoms with Crippen molar-refractivity contribution in [3.63, 3.8) is 0 Å². The van der Waals surface area contributed by atoms with Gasteiger partial charge in [0.25, 0.3) is 0 Å². The maximum absolute atomic E-state index is 6.32. The minimum atomic E-state index is 0.560. The highest BCUT2D eigenvalue weighted by Crippen LogP contribution is 2.35. The molecule has 64 heavy (non-hydrogen) atoms. The van der Waals surface area contributed by atoms with Crippen LogP contribution in [0.1, 0.15) is 0 Å². The molecule has 12 aromatic rings. The lowest BCUT2D eigenvalue weighted by Gasteiger charge is -2.10. The Bertz CT molecular complexity index is 3270. The van der Waals surface area contributed by atoms with E-state index < -0.39 is 0 Å². The van der Waals surface area contributed by atoms with Crippen LogP contribution < -0.4 is 0 Å². The lowest BCUT2D eigenvalue weighted by molar-refractivity contribution is 0.643. The van der Waals surface area contributed by atoms with E-state index in [4.69, 9.17) is 29.3 Å². The van der Waals surface area contributed by atoms with Gasteiger partial charge in [0.1, 0.15) is 0 Å². The van der Waals surface area contributed by atoms with Crippen LogP contribution in [0.25, 0.3) is 118 Å². The first kappa shape index (κ1) is 37.0. The van der Waals surface area contributed by atoms with Crippen molar-refractivity contribution in [1.82, 2.24) is 29.3 Å². The van der Waals surface area contributed by atoms with Gasteiger partial charge in [0.15, 0.2) is 17.2 Å². The maximum Gasteiger partial charge on any atom is 0.307 e. The van der Waals surface area contributed by atoms with Crippen LogP contribution in [0.2, 0.25) is 0 Å². The Kier molecular flexibility index (Phi) is 9.01. The molecule has 0 aliphatic rings. The van der Waals surface area contributed by atoms with Gasteiger partial charge in [0.2, 0.25) is 0 Å². The first-order valence-corrected chi connectivity index (χ1v) is 21.2. The van der Waals surface area contributed by atoms with Crippen LogP contribution in [0, 0.1) is 0 Å². The van der Waals surface area contributed by atoms with Crippen molar-refractivity contribution in [2.75, 3.05) is 0 Å². The van der Waals surface area contributed by atoms with E-state index in [2.05, 4.69) is 120 Å². The maximum atomic E-state index is 6.32. The number of benzene rings is 8. The van der Waals surface area contributed by atoms with Crippen LogP contribution in [0.4, 0.5) is 0 Å². The van der Waals surface area contributed by atoms with Crippen LogP contribution in [-0.2, 0) is 0 Å². The van der Waals surface area contributed by atoms with Crippen LogP contribution in [0.3, 0.4) is 0 Å². The number of oxazole rings is 1. The standard InChI is InChI=1S/C57H36N6O/c1-5-13-39(14-6-1)48-35-50(60-55(58-48)43-17-9-3-10-18-43)41-25-21-37(22-26-41)45-29-31-47-52(33-45)63-53-34-46(30-32-54(53)64-57(63)62-47)38-23-27-42(28-24-38)51-36-49(40-15-7-2-8-16-40)59-56(61-51)44-19-11-4-12-20-44/h1-36H. The molecule has 7 heteroatoms. The Hall–Kier alpha value is -8.81. The van der Waals surface area contributed by atoms with Gasteiger partial charge in [0, 0.05) is 33.4 Å². The summed E-state index contributed by atoms with van der Waals surface area (Å²) in [6.07, 6.45) is 0. The average molecular weight is 821 g/mol. The molecular formula is C57H36N6O. The number of imidazole rings is 1. The minimum absolute atomic E-state index is 0.560. The van der Waals surface area contributed by atoms with E-state index in [0.29, 0.717) is 17.5 Å². The second-order valence-corrected chi connectivity index (χ2v) is 15.8. The Balaban J connectivity index is 0.872. The third kappa shape index (κ3) is 6.87. The Morgan fingerprint density at radius 2 is 0.641 bits per heavy atom. The van der Waals surface area contributed by atoms with E-state index in [1.165, 1.54) is 0 Å². The Morgan fingerprint density at radius 1 is 0.281 bits per heavy atom. The minimum Gasteiger partial charge on any atom is -0.423 e. The van der Waals surface area contributed by atoms with Crippen molar-refractivity contribution in [3.05, 3.63) is 218 Å². The summed E-state index contributed by atoms with van der Waals surface area (Å²) in [7, 11) is 0. The van der Waals surface area contributed by atoms with E-state index in [-0.39, 0.29) is 0 Å². The Labute approximate surface area is 368 Å². The van der Waals surface area contributed by atoms with Crippen molar-refractivity contribution in [2.45, 2.75) is 0 Å². The molecule has 0 radical (unpaired) electrons. The van der Waals surface area contributed by atoms with Crippen molar-refractivity contribution < 1.29 is 4.42 Å². The average Bonchev–Trinajstić information content (AvgIpc) is 3.93. The molecule has 0 aliphatic carbocycles. The van der Waals surface area contributed by atoms with Gasteiger partial charge in [-0.05, 0) is 58.7 Å². The number of fused-ring (bicyclic) bond motifs is 5. The monoisotopic (exact) mass is 820 g/mol. The number of nitrogens with zero attached hydrogens (tertiary/aromatic N) is 6. The smallest absolute Gasteiger partial charge is 0.307 e.